The molecule has 1 heterocycles. The number of nitrogens with one attached hydrogen (secondary N) is 1. The van der Waals surface area contributed by atoms with E-state index in [4.69, 9.17) is 4.52 Å². The third-order valence-corrected chi connectivity index (χ3v) is 4.43. The van der Waals surface area contributed by atoms with Crippen LogP contribution in [0.2, 0.25) is 0 Å². The third kappa shape index (κ3) is 4.04. The van der Waals surface area contributed by atoms with Crippen molar-refractivity contribution in [1.29, 1.82) is 0 Å². The highest BCUT2D eigenvalue weighted by Gasteiger charge is 2.22. The minimum Gasteiger partial charge on any atom is -0.339 e. The van der Waals surface area contributed by atoms with Gasteiger partial charge in [-0.3, -0.25) is 0 Å². The molecule has 0 bridgehead atoms. The van der Waals surface area contributed by atoms with Crippen LogP contribution in [0, 0.1) is 5.92 Å². The first kappa shape index (κ1) is 15.0. The molecule has 0 atom stereocenters. The highest BCUT2D eigenvalue weighted by molar-refractivity contribution is 5.66. The monoisotopic (exact) mass is 297 g/mol. The highest BCUT2D eigenvalue weighted by Crippen LogP contribution is 2.26. The molecular formula is C18H23N3O. The highest BCUT2D eigenvalue weighted by atomic mass is 16.5. The summed E-state index contributed by atoms with van der Waals surface area (Å²) in [5, 5.41) is 7.41. The van der Waals surface area contributed by atoms with E-state index in [1.165, 1.54) is 25.7 Å². The zero-order valence-electron chi connectivity index (χ0n) is 13.0. The molecule has 1 aromatic carbocycles. The summed E-state index contributed by atoms with van der Waals surface area (Å²) in [4.78, 5) is 4.48. The quantitative estimate of drug-likeness (QED) is 0.916. The zero-order chi connectivity index (χ0) is 15.2. The van der Waals surface area contributed by atoms with E-state index < -0.39 is 0 Å². The first-order chi connectivity index (χ1) is 10.8. The Labute approximate surface area is 131 Å². The number of rotatable bonds is 5. The van der Waals surface area contributed by atoms with E-state index in [-0.39, 0.29) is 0 Å². The van der Waals surface area contributed by atoms with Gasteiger partial charge in [-0.2, -0.15) is 4.98 Å². The summed E-state index contributed by atoms with van der Waals surface area (Å²) in [5.41, 5.74) is 1.14. The number of hydrogen-bond acceptors (Lipinski definition) is 4. The molecule has 1 saturated carbocycles. The predicted octanol–water partition coefficient (Wildman–Crippen LogP) is 3.56. The van der Waals surface area contributed by atoms with Crippen molar-refractivity contribution in [3.63, 3.8) is 0 Å². The lowest BCUT2D eigenvalue weighted by Crippen LogP contribution is -2.30. The second kappa shape index (κ2) is 7.36. The summed E-state index contributed by atoms with van der Waals surface area (Å²) in [7, 11) is 2.05. The lowest BCUT2D eigenvalue weighted by atomic mass is 9.84. The maximum atomic E-state index is 5.38. The molecule has 0 aliphatic heterocycles. The van der Waals surface area contributed by atoms with E-state index in [0.29, 0.717) is 17.8 Å². The molecule has 0 radical (unpaired) electrons. The summed E-state index contributed by atoms with van der Waals surface area (Å²) >= 11 is 0. The maximum absolute atomic E-state index is 5.38. The van der Waals surface area contributed by atoms with E-state index >= 15 is 0 Å². The molecule has 0 amide bonds. The van der Waals surface area contributed by atoms with Gasteiger partial charge in [0.05, 0.1) is 0 Å². The van der Waals surface area contributed by atoms with Crippen molar-refractivity contribution in [1.82, 2.24) is 15.5 Å². The SMILES string of the molecule is CNC1CCC(Cc2nc(C=Cc3ccccc3)no2)CC1. The van der Waals surface area contributed by atoms with E-state index in [0.717, 1.165) is 17.9 Å². The van der Waals surface area contributed by atoms with E-state index in [9.17, 15) is 0 Å². The molecule has 1 fully saturated rings. The molecule has 4 nitrogen and oxygen atoms in total. The van der Waals surface area contributed by atoms with Gasteiger partial charge in [0.15, 0.2) is 5.82 Å². The van der Waals surface area contributed by atoms with Crippen LogP contribution in [0.25, 0.3) is 12.2 Å². The molecule has 0 saturated heterocycles. The Kier molecular flexibility index (Phi) is 5.01. The van der Waals surface area contributed by atoms with Crippen molar-refractivity contribution < 1.29 is 4.52 Å². The van der Waals surface area contributed by atoms with Crippen molar-refractivity contribution >= 4 is 12.2 Å². The Balaban J connectivity index is 1.54. The fraction of sp³-hybridized carbons (Fsp3) is 0.444. The van der Waals surface area contributed by atoms with E-state index in [2.05, 4.69) is 27.6 Å². The number of nitrogens with zero attached hydrogens (tertiary/aromatic N) is 2. The van der Waals surface area contributed by atoms with Gasteiger partial charge in [-0.1, -0.05) is 41.6 Å². The lowest BCUT2D eigenvalue weighted by Gasteiger charge is -2.27. The molecule has 0 spiro atoms. The first-order valence-electron chi connectivity index (χ1n) is 8.06. The van der Waals surface area contributed by atoms with Crippen LogP contribution in [0.3, 0.4) is 0 Å². The standard InChI is InChI=1S/C18H23N3O/c1-19-16-10-7-15(8-11-16)13-18-20-17(21-22-18)12-9-14-5-3-2-4-6-14/h2-6,9,12,15-16,19H,7-8,10-11,13H2,1H3. The van der Waals surface area contributed by atoms with E-state index in [1.54, 1.807) is 0 Å². The molecule has 22 heavy (non-hydrogen) atoms. The molecular weight excluding hydrogens is 274 g/mol. The van der Waals surface area contributed by atoms with Gasteiger partial charge in [0.1, 0.15) is 0 Å². The van der Waals surface area contributed by atoms with Crippen molar-refractivity contribution in [3.8, 4) is 0 Å². The van der Waals surface area contributed by atoms with Crippen molar-refractivity contribution in [2.75, 3.05) is 7.05 Å². The van der Waals surface area contributed by atoms with Gasteiger partial charge in [0.2, 0.25) is 5.89 Å². The predicted molar refractivity (Wildman–Crippen MR) is 88.2 cm³/mol. The summed E-state index contributed by atoms with van der Waals surface area (Å²) in [6.45, 7) is 0. The van der Waals surface area contributed by atoms with Gasteiger partial charge in [-0.25, -0.2) is 0 Å². The summed E-state index contributed by atoms with van der Waals surface area (Å²) in [6.07, 6.45) is 9.79. The first-order valence-corrected chi connectivity index (χ1v) is 8.06. The fourth-order valence-corrected chi connectivity index (χ4v) is 3.06. The smallest absolute Gasteiger partial charge is 0.227 e. The average Bonchev–Trinajstić information content (AvgIpc) is 3.02. The topological polar surface area (TPSA) is 51.0 Å². The maximum Gasteiger partial charge on any atom is 0.227 e. The fourth-order valence-electron chi connectivity index (χ4n) is 3.06. The third-order valence-electron chi connectivity index (χ3n) is 4.43. The second-order valence-corrected chi connectivity index (χ2v) is 6.00. The summed E-state index contributed by atoms with van der Waals surface area (Å²) in [6, 6.07) is 10.8. The normalized spacial score (nSPS) is 22.2. The van der Waals surface area contributed by atoms with Gasteiger partial charge in [-0.15, -0.1) is 0 Å². The Hall–Kier alpha value is -1.94. The molecule has 116 valence electrons. The van der Waals surface area contributed by atoms with Crippen LogP contribution in [0.5, 0.6) is 0 Å². The van der Waals surface area contributed by atoms with Crippen molar-refractivity contribution in [3.05, 3.63) is 47.6 Å². The number of benzene rings is 1. The Morgan fingerprint density at radius 2 is 1.91 bits per heavy atom. The van der Waals surface area contributed by atoms with Crippen LogP contribution >= 0.6 is 0 Å². The van der Waals surface area contributed by atoms with Crippen LogP contribution < -0.4 is 5.32 Å². The Bertz CT molecular complexity index is 598. The van der Waals surface area contributed by atoms with Crippen LogP contribution in [0.15, 0.2) is 34.9 Å². The van der Waals surface area contributed by atoms with Gasteiger partial charge in [-0.05, 0) is 50.3 Å². The molecule has 2 aromatic rings. The van der Waals surface area contributed by atoms with Crippen LogP contribution in [0.4, 0.5) is 0 Å². The largest absolute Gasteiger partial charge is 0.339 e. The van der Waals surface area contributed by atoms with Gasteiger partial charge < -0.3 is 9.84 Å². The average molecular weight is 297 g/mol. The van der Waals surface area contributed by atoms with Crippen LogP contribution in [-0.2, 0) is 6.42 Å². The molecule has 1 aromatic heterocycles. The zero-order valence-corrected chi connectivity index (χ0v) is 13.0. The van der Waals surface area contributed by atoms with Crippen molar-refractivity contribution in [2.45, 2.75) is 38.1 Å². The Morgan fingerprint density at radius 3 is 2.64 bits per heavy atom. The van der Waals surface area contributed by atoms with Gasteiger partial charge in [0.25, 0.3) is 0 Å². The van der Waals surface area contributed by atoms with Crippen LogP contribution in [0.1, 0.15) is 43.0 Å². The van der Waals surface area contributed by atoms with Crippen molar-refractivity contribution in [2.24, 2.45) is 5.92 Å². The second-order valence-electron chi connectivity index (χ2n) is 6.00. The summed E-state index contributed by atoms with van der Waals surface area (Å²) < 4.78 is 5.38. The number of aromatic nitrogens is 2. The molecule has 1 aliphatic rings. The minimum absolute atomic E-state index is 0.655. The Morgan fingerprint density at radius 1 is 1.14 bits per heavy atom. The van der Waals surface area contributed by atoms with Gasteiger partial charge in [0, 0.05) is 12.5 Å². The molecule has 1 N–H and O–H groups in total. The lowest BCUT2D eigenvalue weighted by molar-refractivity contribution is 0.273. The number of hydrogen-bond donors (Lipinski definition) is 1. The summed E-state index contributed by atoms with van der Waals surface area (Å²) in [5.74, 6) is 2.10. The van der Waals surface area contributed by atoms with Crippen LogP contribution in [-0.4, -0.2) is 23.2 Å². The van der Waals surface area contributed by atoms with Gasteiger partial charge >= 0.3 is 0 Å². The molecule has 0 unspecified atom stereocenters. The molecule has 1 aliphatic carbocycles. The minimum atomic E-state index is 0.655. The van der Waals surface area contributed by atoms with E-state index in [1.807, 2.05) is 37.4 Å². The molecule has 3 rings (SSSR count). The molecule has 4 heteroatoms.